The van der Waals surface area contributed by atoms with Gasteiger partial charge in [-0.2, -0.15) is 5.10 Å². The Morgan fingerprint density at radius 3 is 2.80 bits per heavy atom. The van der Waals surface area contributed by atoms with Crippen LogP contribution in [0.2, 0.25) is 0 Å². The molecule has 0 aliphatic carbocycles. The molecule has 4 rings (SSSR count). The van der Waals surface area contributed by atoms with Gasteiger partial charge in [-0.3, -0.25) is 19.3 Å². The zero-order valence-electron chi connectivity index (χ0n) is 14.2. The molecule has 1 amide bonds. The molecule has 0 radical (unpaired) electrons. The summed E-state index contributed by atoms with van der Waals surface area (Å²) in [6.07, 6.45) is 4.44. The minimum Gasteiger partial charge on any atom is -0.310 e. The Bertz CT molecular complexity index is 952. The second kappa shape index (κ2) is 5.81. The summed E-state index contributed by atoms with van der Waals surface area (Å²) in [6, 6.07) is 7.57. The summed E-state index contributed by atoms with van der Waals surface area (Å²) in [5.41, 5.74) is 4.89. The number of amides is 1. The van der Waals surface area contributed by atoms with Gasteiger partial charge in [0.2, 0.25) is 5.91 Å². The first-order chi connectivity index (χ1) is 12.0. The summed E-state index contributed by atoms with van der Waals surface area (Å²) in [7, 11) is 1.85. The number of Topliss-reactive ketones (excluding diaryl/α,β-unsaturated/α-hetero) is 1. The predicted octanol–water partition coefficient (Wildman–Crippen LogP) is 1.85. The third kappa shape index (κ3) is 2.59. The van der Waals surface area contributed by atoms with E-state index in [-0.39, 0.29) is 18.2 Å². The SMILES string of the molecule is CC(=O)c1cccc2c1CCN1C(=O)CN=C(c3ccn(C)n3)C=C21. The average molecular weight is 334 g/mol. The molecule has 2 aromatic rings. The Morgan fingerprint density at radius 2 is 2.08 bits per heavy atom. The van der Waals surface area contributed by atoms with E-state index >= 15 is 0 Å². The molecular formula is C19H18N4O2. The van der Waals surface area contributed by atoms with Crippen molar-refractivity contribution in [2.45, 2.75) is 13.3 Å². The van der Waals surface area contributed by atoms with Gasteiger partial charge >= 0.3 is 0 Å². The maximum Gasteiger partial charge on any atom is 0.248 e. The van der Waals surface area contributed by atoms with Crippen molar-refractivity contribution in [3.8, 4) is 0 Å². The number of aryl methyl sites for hydroxylation is 1. The second-order valence-electron chi connectivity index (χ2n) is 6.29. The van der Waals surface area contributed by atoms with Gasteiger partial charge in [-0.1, -0.05) is 18.2 Å². The fourth-order valence-electron chi connectivity index (χ4n) is 3.45. The molecule has 2 aliphatic heterocycles. The van der Waals surface area contributed by atoms with Crippen LogP contribution in [0.5, 0.6) is 0 Å². The van der Waals surface area contributed by atoms with Gasteiger partial charge in [-0.25, -0.2) is 0 Å². The van der Waals surface area contributed by atoms with Crippen LogP contribution in [0.15, 0.2) is 41.5 Å². The van der Waals surface area contributed by atoms with Crippen molar-refractivity contribution in [1.29, 1.82) is 0 Å². The quantitative estimate of drug-likeness (QED) is 0.787. The predicted molar refractivity (Wildman–Crippen MR) is 94.5 cm³/mol. The lowest BCUT2D eigenvalue weighted by molar-refractivity contribution is -0.126. The van der Waals surface area contributed by atoms with E-state index in [1.165, 1.54) is 0 Å². The Kier molecular flexibility index (Phi) is 3.60. The molecule has 0 saturated heterocycles. The smallest absolute Gasteiger partial charge is 0.248 e. The highest BCUT2D eigenvalue weighted by Crippen LogP contribution is 2.32. The lowest BCUT2D eigenvalue weighted by Crippen LogP contribution is -2.36. The highest BCUT2D eigenvalue weighted by atomic mass is 16.2. The van der Waals surface area contributed by atoms with Gasteiger partial charge in [-0.15, -0.1) is 0 Å². The molecule has 0 atom stereocenters. The molecule has 3 heterocycles. The fourth-order valence-corrected chi connectivity index (χ4v) is 3.45. The van der Waals surface area contributed by atoms with Crippen LogP contribution in [-0.2, 0) is 18.3 Å². The van der Waals surface area contributed by atoms with Crippen molar-refractivity contribution in [1.82, 2.24) is 14.7 Å². The molecule has 0 N–H and O–H groups in total. The van der Waals surface area contributed by atoms with Gasteiger partial charge in [-0.05, 0) is 31.1 Å². The number of aromatic nitrogens is 2. The molecular weight excluding hydrogens is 316 g/mol. The van der Waals surface area contributed by atoms with Crippen LogP contribution < -0.4 is 0 Å². The average Bonchev–Trinajstić information content (AvgIpc) is 2.95. The van der Waals surface area contributed by atoms with Crippen molar-refractivity contribution in [2.75, 3.05) is 13.1 Å². The number of hydrogen-bond acceptors (Lipinski definition) is 4. The number of hydrogen-bond donors (Lipinski definition) is 0. The minimum atomic E-state index is -0.0314. The molecule has 0 saturated carbocycles. The lowest BCUT2D eigenvalue weighted by atomic mass is 9.90. The van der Waals surface area contributed by atoms with Gasteiger partial charge in [0.15, 0.2) is 5.78 Å². The standard InChI is InChI=1S/C19H18N4O2/c1-12(24)13-4-3-5-15-14(13)6-9-23-18(15)10-17(20-11-19(23)25)16-7-8-22(2)21-16/h3-5,7-8,10H,6,9,11H2,1-2H3. The third-order valence-electron chi connectivity index (χ3n) is 4.64. The molecule has 1 aromatic heterocycles. The summed E-state index contributed by atoms with van der Waals surface area (Å²) < 4.78 is 1.71. The van der Waals surface area contributed by atoms with E-state index in [9.17, 15) is 9.59 Å². The Labute approximate surface area is 145 Å². The Morgan fingerprint density at radius 1 is 1.24 bits per heavy atom. The molecule has 6 heteroatoms. The van der Waals surface area contributed by atoms with Crippen LogP contribution in [0.1, 0.15) is 34.1 Å². The summed E-state index contributed by atoms with van der Waals surface area (Å²) in [5.74, 6) is 0.0144. The number of nitrogens with zero attached hydrogens (tertiary/aromatic N) is 4. The first-order valence-corrected chi connectivity index (χ1v) is 8.24. The van der Waals surface area contributed by atoms with Crippen molar-refractivity contribution in [3.05, 3.63) is 58.9 Å². The number of carbonyl (C=O) groups excluding carboxylic acids is 2. The summed E-state index contributed by atoms with van der Waals surface area (Å²) in [5, 5.41) is 4.40. The number of carbonyl (C=O) groups is 2. The zero-order valence-corrected chi connectivity index (χ0v) is 14.2. The number of allylic oxidation sites excluding steroid dienone is 1. The fraction of sp³-hybridized carbons (Fsp3) is 0.263. The van der Waals surface area contributed by atoms with E-state index < -0.39 is 0 Å². The first kappa shape index (κ1) is 15.5. The number of fused-ring (bicyclic) bond motifs is 3. The van der Waals surface area contributed by atoms with Crippen LogP contribution in [0, 0.1) is 0 Å². The first-order valence-electron chi connectivity index (χ1n) is 8.24. The molecule has 2 aliphatic rings. The number of rotatable bonds is 2. The van der Waals surface area contributed by atoms with Crippen LogP contribution in [-0.4, -0.2) is 45.2 Å². The van der Waals surface area contributed by atoms with E-state index in [0.717, 1.165) is 28.1 Å². The largest absolute Gasteiger partial charge is 0.310 e. The Hall–Kier alpha value is -3.02. The highest BCUT2D eigenvalue weighted by molar-refractivity contribution is 6.14. The van der Waals surface area contributed by atoms with E-state index in [1.54, 1.807) is 16.5 Å². The van der Waals surface area contributed by atoms with Gasteiger partial charge in [0.05, 0.1) is 11.4 Å². The van der Waals surface area contributed by atoms with E-state index in [0.29, 0.717) is 18.7 Å². The van der Waals surface area contributed by atoms with Crippen LogP contribution in [0.25, 0.3) is 5.70 Å². The van der Waals surface area contributed by atoms with Crippen LogP contribution in [0.3, 0.4) is 0 Å². The molecule has 0 unspecified atom stereocenters. The van der Waals surface area contributed by atoms with Crippen LogP contribution in [0.4, 0.5) is 0 Å². The number of ketones is 1. The summed E-state index contributed by atoms with van der Waals surface area (Å²) >= 11 is 0. The lowest BCUT2D eigenvalue weighted by Gasteiger charge is -2.31. The molecule has 25 heavy (non-hydrogen) atoms. The second-order valence-corrected chi connectivity index (χ2v) is 6.29. The van der Waals surface area contributed by atoms with Gasteiger partial charge in [0.25, 0.3) is 0 Å². The molecule has 0 bridgehead atoms. The number of benzene rings is 1. The van der Waals surface area contributed by atoms with Crippen molar-refractivity contribution in [2.24, 2.45) is 12.0 Å². The Balaban J connectivity index is 1.88. The molecule has 1 aromatic carbocycles. The summed E-state index contributed by atoms with van der Waals surface area (Å²) in [4.78, 5) is 30.7. The van der Waals surface area contributed by atoms with Crippen molar-refractivity contribution < 1.29 is 9.59 Å². The summed E-state index contributed by atoms with van der Waals surface area (Å²) in [6.45, 7) is 2.25. The number of aliphatic imine (C=N–C) groups is 1. The van der Waals surface area contributed by atoms with Gasteiger partial charge in [0.1, 0.15) is 12.2 Å². The molecule has 126 valence electrons. The zero-order chi connectivity index (χ0) is 17.6. The third-order valence-corrected chi connectivity index (χ3v) is 4.64. The monoisotopic (exact) mass is 334 g/mol. The van der Waals surface area contributed by atoms with E-state index in [2.05, 4.69) is 10.1 Å². The van der Waals surface area contributed by atoms with Gasteiger partial charge < -0.3 is 4.90 Å². The maximum absolute atomic E-state index is 12.5. The molecule has 6 nitrogen and oxygen atoms in total. The van der Waals surface area contributed by atoms with E-state index in [1.807, 2.05) is 43.6 Å². The molecule has 0 fully saturated rings. The van der Waals surface area contributed by atoms with E-state index in [4.69, 9.17) is 0 Å². The van der Waals surface area contributed by atoms with Crippen molar-refractivity contribution >= 4 is 23.1 Å². The topological polar surface area (TPSA) is 67.6 Å². The highest BCUT2D eigenvalue weighted by Gasteiger charge is 2.30. The van der Waals surface area contributed by atoms with Crippen LogP contribution >= 0.6 is 0 Å². The normalized spacial score (nSPS) is 16.6. The molecule has 0 spiro atoms. The minimum absolute atomic E-state index is 0.0314. The van der Waals surface area contributed by atoms with Gasteiger partial charge in [0, 0.05) is 30.9 Å². The van der Waals surface area contributed by atoms with Crippen molar-refractivity contribution in [3.63, 3.8) is 0 Å². The maximum atomic E-state index is 12.5.